The molecule has 0 aliphatic carbocycles. The van der Waals surface area contributed by atoms with E-state index in [4.69, 9.17) is 4.98 Å². The summed E-state index contributed by atoms with van der Waals surface area (Å²) in [5, 5.41) is 3.64. The quantitative estimate of drug-likeness (QED) is 0.302. The van der Waals surface area contributed by atoms with Gasteiger partial charge in [0, 0.05) is 35.3 Å². The molecule has 1 aliphatic heterocycles. The first kappa shape index (κ1) is 26.3. The average molecular weight is 512 g/mol. The molecule has 6 heteroatoms. The second-order valence-electron chi connectivity index (χ2n) is 9.56. The third-order valence-electron chi connectivity index (χ3n) is 6.78. The maximum absolute atomic E-state index is 12.5. The Bertz CT molecular complexity index is 1440. The molecule has 0 saturated carbocycles. The minimum absolute atomic E-state index is 0.0286. The summed E-state index contributed by atoms with van der Waals surface area (Å²) in [7, 11) is 2.13. The molecule has 190 valence electrons. The smallest absolute Gasteiger partial charge is 0.230 e. The van der Waals surface area contributed by atoms with Gasteiger partial charge in [-0.25, -0.2) is 4.98 Å². The molecule has 1 aliphatic rings. The highest BCUT2D eigenvalue weighted by Gasteiger charge is 2.18. The van der Waals surface area contributed by atoms with Gasteiger partial charge >= 0.3 is 0 Å². The molecule has 0 spiro atoms. The van der Waals surface area contributed by atoms with Crippen LogP contribution in [-0.4, -0.2) is 30.8 Å². The average Bonchev–Trinajstić information content (AvgIpc) is 3.43. The SMILES string of the molecule is Cc1ccc(CC(=O)Nc2nc(-c3ccc4c(c3)CCN4C)c(C)s2)cc1C.Cc1ccccc1C=O. The lowest BCUT2D eigenvalue weighted by Gasteiger charge is -2.11. The Balaban J connectivity index is 0.000000301. The number of nitrogens with zero attached hydrogens (tertiary/aromatic N) is 2. The van der Waals surface area contributed by atoms with Gasteiger partial charge in [-0.3, -0.25) is 9.59 Å². The van der Waals surface area contributed by atoms with Crippen LogP contribution in [0.25, 0.3) is 11.3 Å². The number of anilines is 2. The van der Waals surface area contributed by atoms with Crippen molar-refractivity contribution in [3.8, 4) is 11.3 Å². The van der Waals surface area contributed by atoms with E-state index in [2.05, 4.69) is 68.4 Å². The highest BCUT2D eigenvalue weighted by atomic mass is 32.1. The van der Waals surface area contributed by atoms with Crippen molar-refractivity contribution >= 4 is 34.3 Å². The number of aryl methyl sites for hydroxylation is 4. The fourth-order valence-corrected chi connectivity index (χ4v) is 5.27. The van der Waals surface area contributed by atoms with Crippen molar-refractivity contribution in [3.63, 3.8) is 0 Å². The number of amides is 1. The zero-order valence-electron chi connectivity index (χ0n) is 22.1. The zero-order valence-corrected chi connectivity index (χ0v) is 22.9. The molecule has 1 N–H and O–H groups in total. The van der Waals surface area contributed by atoms with Crippen LogP contribution in [0.2, 0.25) is 0 Å². The molecule has 5 nitrogen and oxygen atoms in total. The third-order valence-corrected chi connectivity index (χ3v) is 7.66. The predicted octanol–water partition coefficient (Wildman–Crippen LogP) is 6.72. The van der Waals surface area contributed by atoms with E-state index in [0.29, 0.717) is 11.6 Å². The molecular weight excluding hydrogens is 478 g/mol. The van der Waals surface area contributed by atoms with Crippen LogP contribution < -0.4 is 10.2 Å². The lowest BCUT2D eigenvalue weighted by atomic mass is 10.0. The summed E-state index contributed by atoms with van der Waals surface area (Å²) in [6, 6.07) is 20.2. The fourth-order valence-electron chi connectivity index (χ4n) is 4.41. The molecule has 4 aromatic rings. The highest BCUT2D eigenvalue weighted by Crippen LogP contribution is 2.35. The summed E-state index contributed by atoms with van der Waals surface area (Å²) >= 11 is 1.53. The number of aldehydes is 1. The molecule has 1 amide bonds. The van der Waals surface area contributed by atoms with Gasteiger partial charge in [0.1, 0.15) is 6.29 Å². The van der Waals surface area contributed by atoms with Gasteiger partial charge in [0.25, 0.3) is 0 Å². The molecule has 37 heavy (non-hydrogen) atoms. The van der Waals surface area contributed by atoms with Crippen molar-refractivity contribution < 1.29 is 9.59 Å². The summed E-state index contributed by atoms with van der Waals surface area (Å²) in [6.07, 6.45) is 2.30. The summed E-state index contributed by atoms with van der Waals surface area (Å²) < 4.78 is 0. The van der Waals surface area contributed by atoms with Crippen LogP contribution in [0.5, 0.6) is 0 Å². The molecule has 0 unspecified atom stereocenters. The summed E-state index contributed by atoms with van der Waals surface area (Å²) in [6.45, 7) is 9.20. The van der Waals surface area contributed by atoms with E-state index in [-0.39, 0.29) is 5.91 Å². The highest BCUT2D eigenvalue weighted by molar-refractivity contribution is 7.16. The molecular formula is C31H33N3O2S. The Kier molecular flexibility index (Phi) is 8.19. The lowest BCUT2D eigenvalue weighted by molar-refractivity contribution is -0.115. The molecule has 1 aromatic heterocycles. The maximum atomic E-state index is 12.5. The molecule has 3 aromatic carbocycles. The van der Waals surface area contributed by atoms with Crippen LogP contribution in [0.3, 0.4) is 0 Å². The van der Waals surface area contributed by atoms with Crippen LogP contribution in [0.15, 0.2) is 60.7 Å². The van der Waals surface area contributed by atoms with Crippen LogP contribution in [-0.2, 0) is 17.6 Å². The number of fused-ring (bicyclic) bond motifs is 1. The number of benzene rings is 3. The maximum Gasteiger partial charge on any atom is 0.230 e. The zero-order chi connectivity index (χ0) is 26.5. The number of likely N-dealkylation sites (N-methyl/N-ethyl adjacent to an activating group) is 1. The minimum Gasteiger partial charge on any atom is -0.374 e. The van der Waals surface area contributed by atoms with Gasteiger partial charge in [-0.2, -0.15) is 0 Å². The Hall–Kier alpha value is -3.77. The van der Waals surface area contributed by atoms with Crippen molar-refractivity contribution in [2.45, 2.75) is 40.5 Å². The van der Waals surface area contributed by atoms with Crippen molar-refractivity contribution in [1.82, 2.24) is 4.98 Å². The van der Waals surface area contributed by atoms with Crippen molar-refractivity contribution in [1.29, 1.82) is 0 Å². The third kappa shape index (κ3) is 6.33. The van der Waals surface area contributed by atoms with Crippen LogP contribution >= 0.6 is 11.3 Å². The first-order chi connectivity index (χ1) is 17.7. The van der Waals surface area contributed by atoms with Gasteiger partial charge in [-0.05, 0) is 74.1 Å². The number of hydrogen-bond donors (Lipinski definition) is 1. The molecule has 0 bridgehead atoms. The minimum atomic E-state index is -0.0286. The topological polar surface area (TPSA) is 62.3 Å². The van der Waals surface area contributed by atoms with Crippen LogP contribution in [0.4, 0.5) is 10.8 Å². The van der Waals surface area contributed by atoms with E-state index in [1.54, 1.807) is 0 Å². The standard InChI is InChI=1S/C23H25N3OS.C8H8O/c1-14-5-6-17(11-15(14)2)12-21(27)24-23-25-22(16(3)28-23)19-7-8-20-18(13-19)9-10-26(20)4;1-7-4-2-3-5-8(7)6-9/h5-8,11,13H,9-10,12H2,1-4H3,(H,24,25,27);2-6H,1H3. The first-order valence-corrected chi connectivity index (χ1v) is 13.3. The van der Waals surface area contributed by atoms with E-state index >= 15 is 0 Å². The van der Waals surface area contributed by atoms with Crippen molar-refractivity contribution in [2.75, 3.05) is 23.8 Å². The van der Waals surface area contributed by atoms with Gasteiger partial charge in [0.15, 0.2) is 5.13 Å². The largest absolute Gasteiger partial charge is 0.374 e. The Labute approximate surface area is 223 Å². The number of aromatic nitrogens is 1. The van der Waals surface area contributed by atoms with E-state index in [0.717, 1.165) is 52.1 Å². The predicted molar refractivity (Wildman–Crippen MR) is 154 cm³/mol. The second kappa shape index (κ2) is 11.5. The van der Waals surface area contributed by atoms with Gasteiger partial charge < -0.3 is 10.2 Å². The fraction of sp³-hybridized carbons (Fsp3) is 0.258. The number of carbonyl (C=O) groups is 2. The summed E-state index contributed by atoms with van der Waals surface area (Å²) in [5.74, 6) is -0.0286. The molecule has 2 heterocycles. The molecule has 0 saturated heterocycles. The van der Waals surface area contributed by atoms with Crippen molar-refractivity contribution in [3.05, 3.63) is 98.9 Å². The number of hydrogen-bond acceptors (Lipinski definition) is 5. The van der Waals surface area contributed by atoms with E-state index < -0.39 is 0 Å². The van der Waals surface area contributed by atoms with E-state index in [1.807, 2.05) is 37.3 Å². The summed E-state index contributed by atoms with van der Waals surface area (Å²) in [5.41, 5.74) is 10.0. The van der Waals surface area contributed by atoms with E-state index in [1.165, 1.54) is 33.7 Å². The van der Waals surface area contributed by atoms with Crippen LogP contribution in [0, 0.1) is 27.7 Å². The molecule has 0 atom stereocenters. The van der Waals surface area contributed by atoms with Crippen LogP contribution in [0.1, 0.15) is 43.1 Å². The van der Waals surface area contributed by atoms with E-state index in [9.17, 15) is 9.59 Å². The second-order valence-corrected chi connectivity index (χ2v) is 10.8. The first-order valence-electron chi connectivity index (χ1n) is 12.4. The van der Waals surface area contributed by atoms with Gasteiger partial charge in [-0.1, -0.05) is 48.5 Å². The normalized spacial score (nSPS) is 12.0. The molecule has 5 rings (SSSR count). The van der Waals surface area contributed by atoms with Gasteiger partial charge in [0.05, 0.1) is 12.1 Å². The lowest BCUT2D eigenvalue weighted by Crippen LogP contribution is -2.14. The number of rotatable bonds is 5. The van der Waals surface area contributed by atoms with Crippen molar-refractivity contribution in [2.24, 2.45) is 0 Å². The van der Waals surface area contributed by atoms with Gasteiger partial charge in [-0.15, -0.1) is 11.3 Å². The number of nitrogens with one attached hydrogen (secondary N) is 1. The Morgan fingerprint density at radius 3 is 2.49 bits per heavy atom. The molecule has 0 radical (unpaired) electrons. The number of carbonyl (C=O) groups excluding carboxylic acids is 2. The van der Waals surface area contributed by atoms with Gasteiger partial charge in [0.2, 0.25) is 5.91 Å². The Morgan fingerprint density at radius 1 is 1.00 bits per heavy atom. The summed E-state index contributed by atoms with van der Waals surface area (Å²) in [4.78, 5) is 30.8. The monoisotopic (exact) mass is 511 g/mol. The number of thiazole rings is 1. The molecule has 0 fully saturated rings. The Morgan fingerprint density at radius 2 is 1.78 bits per heavy atom.